The first-order chi connectivity index (χ1) is 12.7. The van der Waals surface area contributed by atoms with Gasteiger partial charge in [0.15, 0.2) is 0 Å². The molecule has 0 fully saturated rings. The zero-order valence-corrected chi connectivity index (χ0v) is 17.1. The van der Waals surface area contributed by atoms with Crippen LogP contribution in [-0.2, 0) is 11.2 Å². The van der Waals surface area contributed by atoms with Crippen molar-refractivity contribution >= 4 is 23.8 Å². The molecule has 1 atom stereocenters. The van der Waals surface area contributed by atoms with Crippen LogP contribution in [0.1, 0.15) is 43.7 Å². The first-order valence-electron chi connectivity index (χ1n) is 8.91. The molecule has 0 saturated heterocycles. The molecule has 0 aliphatic carbocycles. The Hall–Kier alpha value is -2.34. The molecule has 0 N–H and O–H groups in total. The number of aromatic nitrogens is 1. The lowest BCUT2D eigenvalue weighted by Crippen LogP contribution is -2.50. The van der Waals surface area contributed by atoms with E-state index >= 15 is 0 Å². The molecule has 0 spiro atoms. The number of pyridine rings is 1. The average molecular weight is 385 g/mol. The molecule has 1 aliphatic rings. The van der Waals surface area contributed by atoms with E-state index in [0.717, 1.165) is 21.8 Å². The van der Waals surface area contributed by atoms with Gasteiger partial charge in [-0.25, -0.2) is 9.69 Å². The number of nitrogens with zero attached hydrogens (tertiary/aromatic N) is 2. The minimum atomic E-state index is -0.658. The third-order valence-electron chi connectivity index (χ3n) is 4.30. The summed E-state index contributed by atoms with van der Waals surface area (Å²) in [4.78, 5) is 32.5. The molecule has 1 unspecified atom stereocenters. The third kappa shape index (κ3) is 4.00. The molecule has 2 aromatic rings. The molecule has 0 bridgehead atoms. The standard InChI is InChI=1S/C21H24N2O3S/c1-13-11-16-18(19(24)23(13)20(25)26-21(2,3)4)17(27-5)12-15(22-16)14-9-7-6-8-10-14/h6-10,12-13H,11H2,1-5H3. The Labute approximate surface area is 164 Å². The molecule has 1 aliphatic heterocycles. The quantitative estimate of drug-likeness (QED) is 0.697. The van der Waals surface area contributed by atoms with Crippen LogP contribution in [-0.4, -0.2) is 39.8 Å². The second-order valence-electron chi connectivity index (χ2n) is 7.61. The van der Waals surface area contributed by atoms with Gasteiger partial charge in [-0.3, -0.25) is 9.78 Å². The summed E-state index contributed by atoms with van der Waals surface area (Å²) in [5, 5.41) is 0. The molecule has 1 aromatic heterocycles. The molecule has 0 saturated carbocycles. The largest absolute Gasteiger partial charge is 0.443 e. The van der Waals surface area contributed by atoms with E-state index in [1.54, 1.807) is 20.8 Å². The van der Waals surface area contributed by atoms with Crippen LogP contribution in [0.2, 0.25) is 0 Å². The Balaban J connectivity index is 2.04. The average Bonchev–Trinajstić information content (AvgIpc) is 2.59. The summed E-state index contributed by atoms with van der Waals surface area (Å²) in [6.45, 7) is 7.22. The number of hydrogen-bond donors (Lipinski definition) is 0. The second-order valence-corrected chi connectivity index (χ2v) is 8.45. The SMILES string of the molecule is CSc1cc(-c2ccccc2)nc2c1C(=O)N(C(=O)OC(C)(C)C)C(C)C2. The van der Waals surface area contributed by atoms with Gasteiger partial charge in [-0.05, 0) is 40.0 Å². The lowest BCUT2D eigenvalue weighted by Gasteiger charge is -2.34. The van der Waals surface area contributed by atoms with Gasteiger partial charge in [-0.2, -0.15) is 0 Å². The maximum absolute atomic E-state index is 13.2. The number of carbonyl (C=O) groups is 2. The Morgan fingerprint density at radius 1 is 1.26 bits per heavy atom. The van der Waals surface area contributed by atoms with Crippen LogP contribution in [0.3, 0.4) is 0 Å². The maximum atomic E-state index is 13.2. The summed E-state index contributed by atoms with van der Waals surface area (Å²) in [5.41, 5.74) is 2.42. The fraction of sp³-hybridized carbons (Fsp3) is 0.381. The van der Waals surface area contributed by atoms with Crippen LogP contribution in [0.5, 0.6) is 0 Å². The lowest BCUT2D eigenvalue weighted by molar-refractivity contribution is 0.0162. The molecule has 2 amide bonds. The van der Waals surface area contributed by atoms with Gasteiger partial charge in [0.1, 0.15) is 5.60 Å². The van der Waals surface area contributed by atoms with Gasteiger partial charge in [-0.1, -0.05) is 30.3 Å². The zero-order chi connectivity index (χ0) is 19.8. The Kier molecular flexibility index (Phi) is 5.29. The number of thioether (sulfide) groups is 1. The van der Waals surface area contributed by atoms with Gasteiger partial charge < -0.3 is 4.74 Å². The number of benzene rings is 1. The van der Waals surface area contributed by atoms with Crippen molar-refractivity contribution in [3.8, 4) is 11.3 Å². The topological polar surface area (TPSA) is 59.5 Å². The molecule has 2 heterocycles. The summed E-state index contributed by atoms with van der Waals surface area (Å²) in [7, 11) is 0. The smallest absolute Gasteiger partial charge is 0.417 e. The van der Waals surface area contributed by atoms with E-state index in [-0.39, 0.29) is 11.9 Å². The summed E-state index contributed by atoms with van der Waals surface area (Å²) in [6.07, 6.45) is 1.83. The van der Waals surface area contributed by atoms with Crippen molar-refractivity contribution in [1.82, 2.24) is 9.88 Å². The Morgan fingerprint density at radius 2 is 1.93 bits per heavy atom. The number of amides is 2. The highest BCUT2D eigenvalue weighted by molar-refractivity contribution is 7.98. The van der Waals surface area contributed by atoms with Crippen LogP contribution in [0.15, 0.2) is 41.3 Å². The molecule has 3 rings (SSSR count). The van der Waals surface area contributed by atoms with Crippen molar-refractivity contribution < 1.29 is 14.3 Å². The molecular weight excluding hydrogens is 360 g/mol. The summed E-state index contributed by atoms with van der Waals surface area (Å²) in [5.74, 6) is -0.338. The van der Waals surface area contributed by atoms with E-state index in [9.17, 15) is 9.59 Å². The van der Waals surface area contributed by atoms with E-state index in [0.29, 0.717) is 12.0 Å². The van der Waals surface area contributed by atoms with E-state index in [2.05, 4.69) is 0 Å². The first kappa shape index (κ1) is 19.4. The second kappa shape index (κ2) is 7.35. The highest BCUT2D eigenvalue weighted by atomic mass is 32.2. The molecule has 0 radical (unpaired) electrons. The molecule has 5 nitrogen and oxygen atoms in total. The van der Waals surface area contributed by atoms with E-state index in [1.165, 1.54) is 16.7 Å². The molecule has 142 valence electrons. The van der Waals surface area contributed by atoms with Crippen molar-refractivity contribution in [3.63, 3.8) is 0 Å². The van der Waals surface area contributed by atoms with Crippen LogP contribution >= 0.6 is 11.8 Å². The number of imide groups is 1. The maximum Gasteiger partial charge on any atom is 0.417 e. The van der Waals surface area contributed by atoms with Crippen LogP contribution in [0.25, 0.3) is 11.3 Å². The fourth-order valence-electron chi connectivity index (χ4n) is 3.13. The van der Waals surface area contributed by atoms with E-state index in [1.807, 2.05) is 49.6 Å². The summed E-state index contributed by atoms with van der Waals surface area (Å²) < 4.78 is 5.44. The Bertz CT molecular complexity index is 875. The minimum absolute atomic E-state index is 0.312. The van der Waals surface area contributed by atoms with E-state index < -0.39 is 11.7 Å². The van der Waals surface area contributed by atoms with Crippen molar-refractivity contribution in [2.24, 2.45) is 0 Å². The van der Waals surface area contributed by atoms with Crippen LogP contribution in [0.4, 0.5) is 4.79 Å². The number of hydrogen-bond acceptors (Lipinski definition) is 5. The van der Waals surface area contributed by atoms with Gasteiger partial charge in [-0.15, -0.1) is 11.8 Å². The Morgan fingerprint density at radius 3 is 2.52 bits per heavy atom. The third-order valence-corrected chi connectivity index (χ3v) is 5.06. The predicted molar refractivity (Wildman–Crippen MR) is 107 cm³/mol. The highest BCUT2D eigenvalue weighted by Gasteiger charge is 2.39. The van der Waals surface area contributed by atoms with Gasteiger partial charge >= 0.3 is 6.09 Å². The van der Waals surface area contributed by atoms with Crippen LogP contribution in [0, 0.1) is 0 Å². The highest BCUT2D eigenvalue weighted by Crippen LogP contribution is 2.34. The van der Waals surface area contributed by atoms with Crippen molar-refractivity contribution in [3.05, 3.63) is 47.7 Å². The van der Waals surface area contributed by atoms with Crippen molar-refractivity contribution in [2.45, 2.75) is 50.7 Å². The number of carbonyl (C=O) groups excluding carboxylic acids is 2. The fourth-order valence-corrected chi connectivity index (χ4v) is 3.77. The summed E-state index contributed by atoms with van der Waals surface area (Å²) in [6, 6.07) is 11.5. The first-order valence-corrected chi connectivity index (χ1v) is 10.1. The lowest BCUT2D eigenvalue weighted by atomic mass is 9.97. The molecule has 1 aromatic carbocycles. The number of fused-ring (bicyclic) bond motifs is 1. The normalized spacial score (nSPS) is 16.9. The van der Waals surface area contributed by atoms with Gasteiger partial charge in [0.25, 0.3) is 5.91 Å². The molecule has 27 heavy (non-hydrogen) atoms. The van der Waals surface area contributed by atoms with Crippen molar-refractivity contribution in [1.29, 1.82) is 0 Å². The van der Waals surface area contributed by atoms with Crippen LogP contribution < -0.4 is 0 Å². The monoisotopic (exact) mass is 384 g/mol. The summed E-state index contributed by atoms with van der Waals surface area (Å²) >= 11 is 1.48. The number of ether oxygens (including phenoxy) is 1. The minimum Gasteiger partial charge on any atom is -0.443 e. The van der Waals surface area contributed by atoms with E-state index in [4.69, 9.17) is 9.72 Å². The molecule has 6 heteroatoms. The zero-order valence-electron chi connectivity index (χ0n) is 16.3. The number of rotatable bonds is 2. The van der Waals surface area contributed by atoms with Gasteiger partial charge in [0.05, 0.1) is 17.0 Å². The molecular formula is C21H24N2O3S. The van der Waals surface area contributed by atoms with Gasteiger partial charge in [0.2, 0.25) is 0 Å². The van der Waals surface area contributed by atoms with Gasteiger partial charge in [0, 0.05) is 22.9 Å². The predicted octanol–water partition coefficient (Wildman–Crippen LogP) is 4.79. The van der Waals surface area contributed by atoms with Crippen molar-refractivity contribution in [2.75, 3.05) is 6.26 Å².